The molecule has 3 heterocycles. The van der Waals surface area contributed by atoms with Crippen molar-refractivity contribution in [2.24, 2.45) is 7.05 Å². The molecule has 0 fully saturated rings. The number of hydrogen-bond donors (Lipinski definition) is 1. The van der Waals surface area contributed by atoms with Gasteiger partial charge in [0.15, 0.2) is 0 Å². The number of hydrogen-bond acceptors (Lipinski definition) is 5. The van der Waals surface area contributed by atoms with Crippen molar-refractivity contribution in [2.75, 3.05) is 0 Å². The molecular weight excluding hydrogens is 375 g/mol. The second-order valence-corrected chi connectivity index (χ2v) is 6.50. The Bertz CT molecular complexity index is 1420. The second-order valence-electron chi connectivity index (χ2n) is 6.50. The molecule has 0 aliphatic carbocycles. The van der Waals surface area contributed by atoms with Crippen LogP contribution in [0.3, 0.4) is 0 Å². The first-order valence-electron chi connectivity index (χ1n) is 8.70. The van der Waals surface area contributed by atoms with Crippen molar-refractivity contribution in [1.82, 2.24) is 29.8 Å². The van der Waals surface area contributed by atoms with Gasteiger partial charge in [-0.05, 0) is 36.4 Å². The molecule has 0 aliphatic rings. The summed E-state index contributed by atoms with van der Waals surface area (Å²) in [5.74, 6) is -1.52. The van der Waals surface area contributed by atoms with E-state index in [2.05, 4.69) is 20.3 Å². The molecule has 29 heavy (non-hydrogen) atoms. The molecule has 0 aliphatic heterocycles. The summed E-state index contributed by atoms with van der Waals surface area (Å²) in [6.45, 7) is 0. The van der Waals surface area contributed by atoms with E-state index >= 15 is 0 Å². The van der Waals surface area contributed by atoms with Crippen LogP contribution in [0.25, 0.3) is 39.0 Å². The van der Waals surface area contributed by atoms with E-state index in [0.29, 0.717) is 39.0 Å². The summed E-state index contributed by atoms with van der Waals surface area (Å²) in [6, 6.07) is 12.5. The van der Waals surface area contributed by atoms with Crippen LogP contribution in [-0.2, 0) is 7.05 Å². The fourth-order valence-corrected chi connectivity index (χ4v) is 3.34. The van der Waals surface area contributed by atoms with Crippen LogP contribution in [-0.4, -0.2) is 40.8 Å². The van der Waals surface area contributed by atoms with E-state index < -0.39 is 11.8 Å². The summed E-state index contributed by atoms with van der Waals surface area (Å²) in [5.41, 5.74) is 3.02. The number of carbonyl (C=O) groups is 1. The quantitative estimate of drug-likeness (QED) is 0.510. The Balaban J connectivity index is 1.80. The number of aromatic carboxylic acids is 1. The zero-order valence-corrected chi connectivity index (χ0v) is 15.1. The summed E-state index contributed by atoms with van der Waals surface area (Å²) in [5, 5.41) is 23.1. The molecule has 1 N–H and O–H groups in total. The lowest BCUT2D eigenvalue weighted by Gasteiger charge is -2.07. The van der Waals surface area contributed by atoms with Crippen molar-refractivity contribution in [3.8, 4) is 17.1 Å². The molecular formula is C20H13FN6O2. The van der Waals surface area contributed by atoms with Gasteiger partial charge in [-0.15, -0.1) is 10.2 Å². The molecule has 0 amide bonds. The van der Waals surface area contributed by atoms with Gasteiger partial charge in [-0.1, -0.05) is 6.07 Å². The smallest absolute Gasteiger partial charge is 0.336 e. The minimum absolute atomic E-state index is 0.0584. The predicted octanol–water partition coefficient (Wildman–Crippen LogP) is 3.21. The Hall–Kier alpha value is -4.14. The molecule has 0 spiro atoms. The van der Waals surface area contributed by atoms with Crippen molar-refractivity contribution < 1.29 is 14.3 Å². The van der Waals surface area contributed by atoms with Gasteiger partial charge in [-0.25, -0.2) is 14.2 Å². The molecule has 0 saturated carbocycles. The maximum Gasteiger partial charge on any atom is 0.336 e. The lowest BCUT2D eigenvalue weighted by molar-refractivity contribution is 0.0699. The Morgan fingerprint density at radius 2 is 1.90 bits per heavy atom. The SMILES string of the molecule is Cn1nccc1-c1cc(C(=O)O)c2c(ccc3nn(-c4cccc(F)c4)nc32)n1. The highest BCUT2D eigenvalue weighted by molar-refractivity contribution is 6.13. The number of pyridine rings is 1. The maximum absolute atomic E-state index is 13.6. The Morgan fingerprint density at radius 1 is 1.07 bits per heavy atom. The van der Waals surface area contributed by atoms with E-state index in [9.17, 15) is 14.3 Å². The number of carboxylic acids is 1. The predicted molar refractivity (Wildman–Crippen MR) is 103 cm³/mol. The largest absolute Gasteiger partial charge is 0.478 e. The number of rotatable bonds is 3. The fraction of sp³-hybridized carbons (Fsp3) is 0.0500. The van der Waals surface area contributed by atoms with Gasteiger partial charge in [0.25, 0.3) is 0 Å². The minimum Gasteiger partial charge on any atom is -0.478 e. The van der Waals surface area contributed by atoms with Gasteiger partial charge >= 0.3 is 5.97 Å². The molecule has 0 bridgehead atoms. The highest BCUT2D eigenvalue weighted by atomic mass is 19.1. The van der Waals surface area contributed by atoms with Crippen LogP contribution >= 0.6 is 0 Å². The first kappa shape index (κ1) is 17.0. The highest BCUT2D eigenvalue weighted by Crippen LogP contribution is 2.29. The average Bonchev–Trinajstić information content (AvgIpc) is 3.33. The van der Waals surface area contributed by atoms with Gasteiger partial charge in [-0.2, -0.15) is 9.90 Å². The van der Waals surface area contributed by atoms with Gasteiger partial charge in [-0.3, -0.25) is 4.68 Å². The standard InChI is InChI=1S/C20H13FN6O2/c1-26-17(7-8-22-26)16-10-13(20(28)29)18-14(23-16)5-6-15-19(18)25-27(24-15)12-4-2-3-11(21)9-12/h2-10H,1H3,(H,28,29). The fourth-order valence-electron chi connectivity index (χ4n) is 3.34. The summed E-state index contributed by atoms with van der Waals surface area (Å²) < 4.78 is 15.2. The van der Waals surface area contributed by atoms with Gasteiger partial charge in [0.05, 0.1) is 28.2 Å². The van der Waals surface area contributed by atoms with Gasteiger partial charge in [0, 0.05) is 24.7 Å². The van der Waals surface area contributed by atoms with Crippen molar-refractivity contribution in [3.05, 3.63) is 66.1 Å². The van der Waals surface area contributed by atoms with E-state index in [4.69, 9.17) is 0 Å². The highest BCUT2D eigenvalue weighted by Gasteiger charge is 2.19. The lowest BCUT2D eigenvalue weighted by atomic mass is 10.0. The van der Waals surface area contributed by atoms with Crippen LogP contribution in [0.5, 0.6) is 0 Å². The van der Waals surface area contributed by atoms with Crippen LogP contribution < -0.4 is 0 Å². The van der Waals surface area contributed by atoms with E-state index in [1.807, 2.05) is 0 Å². The number of fused-ring (bicyclic) bond motifs is 3. The van der Waals surface area contributed by atoms with E-state index in [0.717, 1.165) is 0 Å². The average molecular weight is 388 g/mol. The zero-order valence-electron chi connectivity index (χ0n) is 15.1. The van der Waals surface area contributed by atoms with Gasteiger partial charge in [0.2, 0.25) is 0 Å². The minimum atomic E-state index is -1.10. The zero-order chi connectivity index (χ0) is 20.1. The van der Waals surface area contributed by atoms with Crippen molar-refractivity contribution in [3.63, 3.8) is 0 Å². The summed E-state index contributed by atoms with van der Waals surface area (Å²) in [4.78, 5) is 17.9. The Labute approximate surface area is 162 Å². The van der Waals surface area contributed by atoms with E-state index in [-0.39, 0.29) is 5.56 Å². The van der Waals surface area contributed by atoms with Crippen molar-refractivity contribution in [1.29, 1.82) is 0 Å². The van der Waals surface area contributed by atoms with E-state index in [1.54, 1.807) is 48.3 Å². The first-order chi connectivity index (χ1) is 14.0. The van der Waals surface area contributed by atoms with Crippen LogP contribution in [0.4, 0.5) is 4.39 Å². The summed E-state index contributed by atoms with van der Waals surface area (Å²) in [7, 11) is 1.76. The van der Waals surface area contributed by atoms with Crippen LogP contribution in [0.2, 0.25) is 0 Å². The molecule has 0 radical (unpaired) electrons. The molecule has 5 aromatic rings. The molecule has 0 atom stereocenters. The Morgan fingerprint density at radius 3 is 2.62 bits per heavy atom. The lowest BCUT2D eigenvalue weighted by Crippen LogP contribution is -2.03. The third kappa shape index (κ3) is 2.71. The van der Waals surface area contributed by atoms with Crippen LogP contribution in [0, 0.1) is 5.82 Å². The van der Waals surface area contributed by atoms with Crippen molar-refractivity contribution in [2.45, 2.75) is 0 Å². The van der Waals surface area contributed by atoms with Crippen LogP contribution in [0.1, 0.15) is 10.4 Å². The molecule has 5 rings (SSSR count). The third-order valence-corrected chi connectivity index (χ3v) is 4.68. The topological polar surface area (TPSA) is 98.7 Å². The number of aryl methyl sites for hydroxylation is 1. The number of nitrogens with zero attached hydrogens (tertiary/aromatic N) is 6. The molecule has 9 heteroatoms. The molecule has 0 saturated heterocycles. The van der Waals surface area contributed by atoms with Crippen molar-refractivity contribution >= 4 is 27.9 Å². The number of carboxylic acid groups (broad SMARTS) is 1. The second kappa shape index (κ2) is 6.20. The summed E-state index contributed by atoms with van der Waals surface area (Å²) >= 11 is 0. The molecule has 3 aromatic heterocycles. The van der Waals surface area contributed by atoms with E-state index in [1.165, 1.54) is 23.0 Å². The Kier molecular flexibility index (Phi) is 3.63. The van der Waals surface area contributed by atoms with Gasteiger partial charge in [0.1, 0.15) is 16.9 Å². The monoisotopic (exact) mass is 388 g/mol. The third-order valence-electron chi connectivity index (χ3n) is 4.68. The molecule has 142 valence electrons. The molecule has 8 nitrogen and oxygen atoms in total. The maximum atomic E-state index is 13.6. The normalized spacial score (nSPS) is 11.4. The summed E-state index contributed by atoms with van der Waals surface area (Å²) in [6.07, 6.45) is 1.62. The first-order valence-corrected chi connectivity index (χ1v) is 8.70. The van der Waals surface area contributed by atoms with Crippen LogP contribution in [0.15, 0.2) is 54.7 Å². The molecule has 2 aromatic carbocycles. The number of aromatic nitrogens is 6. The number of halogens is 1. The molecule has 0 unspecified atom stereocenters. The van der Waals surface area contributed by atoms with Gasteiger partial charge < -0.3 is 5.11 Å². The number of benzene rings is 2.